The van der Waals surface area contributed by atoms with Crippen LogP contribution in [0.15, 0.2) is 66.7 Å². The predicted molar refractivity (Wildman–Crippen MR) is 163 cm³/mol. The van der Waals surface area contributed by atoms with Crippen molar-refractivity contribution in [3.8, 4) is 5.75 Å². The topological polar surface area (TPSA) is 61.9 Å². The monoisotopic (exact) mass is 553 g/mol. The van der Waals surface area contributed by atoms with Gasteiger partial charge in [-0.3, -0.25) is 9.59 Å². The molecule has 216 valence electrons. The molecule has 1 aliphatic carbocycles. The van der Waals surface area contributed by atoms with Gasteiger partial charge in [-0.15, -0.1) is 0 Å². The highest BCUT2D eigenvalue weighted by Crippen LogP contribution is 2.33. The lowest BCUT2D eigenvalue weighted by Gasteiger charge is -2.37. The highest BCUT2D eigenvalue weighted by atomic mass is 16.5. The molecule has 0 fully saturated rings. The lowest BCUT2D eigenvalue weighted by atomic mass is 9.84. The van der Waals surface area contributed by atoms with Gasteiger partial charge < -0.3 is 19.9 Å². The maximum absolute atomic E-state index is 14.0. The number of ether oxygens (including phenoxy) is 1. The van der Waals surface area contributed by atoms with Gasteiger partial charge in [0.2, 0.25) is 5.91 Å². The molecule has 0 saturated carbocycles. The summed E-state index contributed by atoms with van der Waals surface area (Å²) < 4.78 is 6.10. The minimum absolute atomic E-state index is 0.0228. The summed E-state index contributed by atoms with van der Waals surface area (Å²) in [4.78, 5) is 31.9. The quantitative estimate of drug-likeness (QED) is 0.377. The fraction of sp³-hybridized carbons (Fsp3) is 0.429. The number of carbonyl (C=O) groups is 2. The van der Waals surface area contributed by atoms with Crippen LogP contribution >= 0.6 is 0 Å². The average Bonchev–Trinajstić information content (AvgIpc) is 2.95. The zero-order chi connectivity index (χ0) is 29.1. The molecule has 3 unspecified atom stereocenters. The predicted octanol–water partition coefficient (Wildman–Crippen LogP) is 5.90. The van der Waals surface area contributed by atoms with Crippen LogP contribution in [0.2, 0.25) is 0 Å². The molecule has 6 heteroatoms. The molecule has 3 aromatic carbocycles. The molecule has 0 bridgehead atoms. The molecule has 0 spiro atoms. The van der Waals surface area contributed by atoms with E-state index in [0.717, 1.165) is 36.9 Å². The number of likely N-dealkylation sites (N-methyl/N-ethyl adjacent to an activating group) is 1. The third-order valence-electron chi connectivity index (χ3n) is 8.32. The number of hydrogen-bond donors (Lipinski definition) is 1. The van der Waals surface area contributed by atoms with Crippen molar-refractivity contribution >= 4 is 11.8 Å². The van der Waals surface area contributed by atoms with Crippen LogP contribution in [-0.2, 0) is 24.2 Å². The van der Waals surface area contributed by atoms with Crippen LogP contribution in [0, 0.1) is 0 Å². The first-order valence-corrected chi connectivity index (χ1v) is 14.9. The minimum atomic E-state index is -0.590. The minimum Gasteiger partial charge on any atom is -0.489 e. The van der Waals surface area contributed by atoms with Gasteiger partial charge in [0.05, 0.1) is 6.04 Å². The van der Waals surface area contributed by atoms with Crippen LogP contribution in [0.5, 0.6) is 5.75 Å². The van der Waals surface area contributed by atoms with Gasteiger partial charge in [0.25, 0.3) is 5.91 Å². The second kappa shape index (κ2) is 12.5. The van der Waals surface area contributed by atoms with Crippen LogP contribution in [0.4, 0.5) is 0 Å². The molecule has 2 aliphatic rings. The number of aryl methyl sites for hydroxylation is 1. The van der Waals surface area contributed by atoms with E-state index in [4.69, 9.17) is 4.74 Å². The fourth-order valence-electron chi connectivity index (χ4n) is 6.22. The molecule has 0 aromatic heterocycles. The second-order valence-corrected chi connectivity index (χ2v) is 12.2. The Bertz CT molecular complexity index is 1400. The third kappa shape index (κ3) is 6.65. The molecule has 0 radical (unpaired) electrons. The van der Waals surface area contributed by atoms with Gasteiger partial charge in [-0.25, -0.2) is 0 Å². The van der Waals surface area contributed by atoms with Gasteiger partial charge in [-0.05, 0) is 92.2 Å². The van der Waals surface area contributed by atoms with E-state index in [1.165, 1.54) is 16.7 Å². The molecule has 1 N–H and O–H groups in total. The van der Waals surface area contributed by atoms with Crippen LogP contribution in [0.25, 0.3) is 0 Å². The van der Waals surface area contributed by atoms with Crippen LogP contribution in [0.1, 0.15) is 83.7 Å². The van der Waals surface area contributed by atoms with Crippen molar-refractivity contribution in [3.05, 3.63) is 100 Å². The van der Waals surface area contributed by atoms with Gasteiger partial charge in [-0.1, -0.05) is 62.4 Å². The first kappa shape index (κ1) is 28.9. The molecule has 6 nitrogen and oxygen atoms in total. The third-order valence-corrected chi connectivity index (χ3v) is 8.32. The molecule has 3 aromatic rings. The van der Waals surface area contributed by atoms with Crippen molar-refractivity contribution in [2.75, 3.05) is 20.6 Å². The summed E-state index contributed by atoms with van der Waals surface area (Å²) in [6.07, 6.45) is 3.45. The van der Waals surface area contributed by atoms with Gasteiger partial charge in [0, 0.05) is 25.1 Å². The molecule has 3 atom stereocenters. The molecule has 2 amide bonds. The Morgan fingerprint density at radius 1 is 0.976 bits per heavy atom. The van der Waals surface area contributed by atoms with Crippen LogP contribution in [0.3, 0.4) is 0 Å². The smallest absolute Gasteiger partial charge is 0.254 e. The van der Waals surface area contributed by atoms with E-state index in [9.17, 15) is 9.59 Å². The van der Waals surface area contributed by atoms with E-state index in [2.05, 4.69) is 54.4 Å². The van der Waals surface area contributed by atoms with Crippen molar-refractivity contribution in [2.24, 2.45) is 0 Å². The molecular formula is C35H43N3O3. The van der Waals surface area contributed by atoms with Crippen molar-refractivity contribution in [1.29, 1.82) is 0 Å². The molecule has 41 heavy (non-hydrogen) atoms. The van der Waals surface area contributed by atoms with E-state index in [1.807, 2.05) is 51.4 Å². The number of amides is 2. The normalized spacial score (nSPS) is 19.0. The summed E-state index contributed by atoms with van der Waals surface area (Å²) in [5.41, 5.74) is 6.56. The van der Waals surface area contributed by atoms with Crippen molar-refractivity contribution in [2.45, 2.75) is 77.1 Å². The Hall–Kier alpha value is -3.64. The molecule has 5 rings (SSSR count). The zero-order valence-electron chi connectivity index (χ0n) is 25.0. The number of rotatable bonds is 8. The maximum Gasteiger partial charge on any atom is 0.254 e. The first-order valence-electron chi connectivity index (χ1n) is 14.9. The van der Waals surface area contributed by atoms with Crippen LogP contribution in [-0.4, -0.2) is 54.4 Å². The number of carbonyl (C=O) groups excluding carboxylic acids is 2. The van der Waals surface area contributed by atoms with E-state index in [0.29, 0.717) is 30.2 Å². The number of nitrogens with one attached hydrogen (secondary N) is 1. The van der Waals surface area contributed by atoms with Crippen molar-refractivity contribution < 1.29 is 14.3 Å². The standard InChI is InChI=1S/C35H43N3O3/c1-23(2)26-17-16-25-12-9-15-32(31(25)19-26)36-34(39)33-20-27-10-6-7-11-29(27)22-38(33)35(40)28-13-8-14-30(18-28)41-24(3)21-37(4)5/h6-8,10-11,13-14,16-19,23-24,32-33H,9,12,15,20-22H2,1-5H3,(H,36,39). The highest BCUT2D eigenvalue weighted by Gasteiger charge is 2.36. The molecule has 0 saturated heterocycles. The Balaban J connectivity index is 1.40. The summed E-state index contributed by atoms with van der Waals surface area (Å²) >= 11 is 0. The lowest BCUT2D eigenvalue weighted by molar-refractivity contribution is -0.127. The average molecular weight is 554 g/mol. The second-order valence-electron chi connectivity index (χ2n) is 12.2. The van der Waals surface area contributed by atoms with Gasteiger partial charge >= 0.3 is 0 Å². The largest absolute Gasteiger partial charge is 0.489 e. The van der Waals surface area contributed by atoms with Crippen molar-refractivity contribution in [3.63, 3.8) is 0 Å². The molecule has 1 aliphatic heterocycles. The van der Waals surface area contributed by atoms with E-state index >= 15 is 0 Å². The number of benzene rings is 3. The van der Waals surface area contributed by atoms with Gasteiger partial charge in [-0.2, -0.15) is 0 Å². The number of nitrogens with zero attached hydrogens (tertiary/aromatic N) is 2. The Morgan fingerprint density at radius 2 is 1.76 bits per heavy atom. The Labute approximate surface area is 244 Å². The summed E-state index contributed by atoms with van der Waals surface area (Å²) in [7, 11) is 4.02. The summed E-state index contributed by atoms with van der Waals surface area (Å²) in [6.45, 7) is 7.58. The highest BCUT2D eigenvalue weighted by molar-refractivity contribution is 5.98. The molecule has 1 heterocycles. The molecular weight excluding hydrogens is 510 g/mol. The SMILES string of the molecule is CC(CN(C)C)Oc1cccc(C(=O)N2Cc3ccccc3CC2C(=O)NC2CCCc3ccc(C(C)C)cc32)c1. The van der Waals surface area contributed by atoms with Crippen molar-refractivity contribution in [1.82, 2.24) is 15.1 Å². The Morgan fingerprint density at radius 3 is 2.51 bits per heavy atom. The summed E-state index contributed by atoms with van der Waals surface area (Å²) in [5, 5.41) is 3.37. The number of fused-ring (bicyclic) bond motifs is 2. The van der Waals surface area contributed by atoms with Gasteiger partial charge in [0.15, 0.2) is 0 Å². The lowest BCUT2D eigenvalue weighted by Crippen LogP contribution is -2.53. The summed E-state index contributed by atoms with van der Waals surface area (Å²) in [6, 6.07) is 21.5. The summed E-state index contributed by atoms with van der Waals surface area (Å²) in [5.74, 6) is 0.833. The van der Waals surface area contributed by atoms with Gasteiger partial charge in [0.1, 0.15) is 17.9 Å². The number of hydrogen-bond acceptors (Lipinski definition) is 4. The Kier molecular flexibility index (Phi) is 8.79. The van der Waals surface area contributed by atoms with E-state index < -0.39 is 6.04 Å². The van der Waals surface area contributed by atoms with E-state index in [-0.39, 0.29) is 24.0 Å². The zero-order valence-corrected chi connectivity index (χ0v) is 25.0. The van der Waals surface area contributed by atoms with Crippen LogP contribution < -0.4 is 10.1 Å². The first-order chi connectivity index (χ1) is 19.7. The van der Waals surface area contributed by atoms with E-state index in [1.54, 1.807) is 11.0 Å². The fourth-order valence-corrected chi connectivity index (χ4v) is 6.22. The maximum atomic E-state index is 14.0.